The summed E-state index contributed by atoms with van der Waals surface area (Å²) < 4.78 is 22.2. The van der Waals surface area contributed by atoms with Crippen molar-refractivity contribution in [2.24, 2.45) is 0 Å². The van der Waals surface area contributed by atoms with Crippen molar-refractivity contribution in [3.05, 3.63) is 36.5 Å². The Bertz CT molecular complexity index is 1110. The molecule has 1 saturated heterocycles. The maximum atomic E-state index is 12.8. The minimum atomic E-state index is -1.60. The van der Waals surface area contributed by atoms with Gasteiger partial charge in [-0.05, 0) is 44.9 Å². The number of hydrogen-bond acceptors (Lipinski definition) is 10. The smallest absolute Gasteiger partial charge is 0.306 e. The molecule has 0 aromatic carbocycles. The number of ether oxygens (including phenoxy) is 4. The van der Waals surface area contributed by atoms with Gasteiger partial charge in [0, 0.05) is 12.8 Å². The molecule has 0 aromatic rings. The minimum absolute atomic E-state index is 0.212. The lowest BCUT2D eigenvalue weighted by molar-refractivity contribution is -0.305. The third-order valence-corrected chi connectivity index (χ3v) is 11.8. The van der Waals surface area contributed by atoms with Crippen LogP contribution in [0, 0.1) is 0 Å². The molecule has 1 aliphatic heterocycles. The topological polar surface area (TPSA) is 152 Å². The second-order valence-electron chi connectivity index (χ2n) is 17.6. The van der Waals surface area contributed by atoms with E-state index in [0.717, 1.165) is 70.6 Å². The van der Waals surface area contributed by atoms with Crippen molar-refractivity contribution in [1.29, 1.82) is 0 Å². The minimum Gasteiger partial charge on any atom is -0.462 e. The van der Waals surface area contributed by atoms with Crippen LogP contribution in [-0.2, 0) is 28.5 Å². The van der Waals surface area contributed by atoms with E-state index in [1.54, 1.807) is 0 Å². The number of aliphatic hydroxyl groups excluding tert-OH is 4. The van der Waals surface area contributed by atoms with Crippen LogP contribution in [0.15, 0.2) is 36.5 Å². The number of rotatable bonds is 43. The Morgan fingerprint density at radius 1 is 0.516 bits per heavy atom. The van der Waals surface area contributed by atoms with Gasteiger partial charge in [-0.15, -0.1) is 0 Å². The van der Waals surface area contributed by atoms with Gasteiger partial charge in [0.15, 0.2) is 12.4 Å². The molecule has 10 heteroatoms. The first-order valence-electron chi connectivity index (χ1n) is 25.6. The molecular weight excluding hydrogens is 785 g/mol. The molecule has 1 heterocycles. The van der Waals surface area contributed by atoms with Crippen molar-refractivity contribution in [3.63, 3.8) is 0 Å². The summed E-state index contributed by atoms with van der Waals surface area (Å²) >= 11 is 0. The van der Waals surface area contributed by atoms with Crippen LogP contribution in [0.2, 0.25) is 0 Å². The van der Waals surface area contributed by atoms with Crippen molar-refractivity contribution in [2.75, 3.05) is 19.8 Å². The third-order valence-electron chi connectivity index (χ3n) is 11.8. The fourth-order valence-corrected chi connectivity index (χ4v) is 7.79. The van der Waals surface area contributed by atoms with E-state index >= 15 is 0 Å². The number of esters is 2. The predicted molar refractivity (Wildman–Crippen MR) is 252 cm³/mol. The van der Waals surface area contributed by atoms with Gasteiger partial charge in [-0.2, -0.15) is 0 Å². The second-order valence-corrected chi connectivity index (χ2v) is 17.6. The van der Waals surface area contributed by atoms with Crippen LogP contribution in [0.3, 0.4) is 0 Å². The summed E-state index contributed by atoms with van der Waals surface area (Å²) in [4.78, 5) is 25.4. The van der Waals surface area contributed by atoms with Gasteiger partial charge in [0.05, 0.1) is 13.2 Å². The Labute approximate surface area is 378 Å². The van der Waals surface area contributed by atoms with Crippen molar-refractivity contribution in [3.8, 4) is 0 Å². The number of unbranched alkanes of at least 4 members (excludes halogenated alkanes) is 26. The Morgan fingerprint density at radius 2 is 0.952 bits per heavy atom. The Kier molecular flexibility index (Phi) is 40.0. The first-order valence-corrected chi connectivity index (χ1v) is 25.6. The highest BCUT2D eigenvalue weighted by molar-refractivity contribution is 5.70. The molecule has 1 aliphatic rings. The van der Waals surface area contributed by atoms with Gasteiger partial charge in [0.1, 0.15) is 31.0 Å². The van der Waals surface area contributed by atoms with Crippen LogP contribution >= 0.6 is 0 Å². The van der Waals surface area contributed by atoms with Crippen LogP contribution in [0.1, 0.15) is 226 Å². The van der Waals surface area contributed by atoms with Crippen LogP contribution in [0.25, 0.3) is 0 Å². The van der Waals surface area contributed by atoms with Gasteiger partial charge >= 0.3 is 11.9 Å². The maximum Gasteiger partial charge on any atom is 0.306 e. The van der Waals surface area contributed by atoms with Crippen LogP contribution in [0.5, 0.6) is 0 Å². The van der Waals surface area contributed by atoms with Crippen molar-refractivity contribution in [2.45, 2.75) is 263 Å². The summed E-state index contributed by atoms with van der Waals surface area (Å²) in [6.07, 6.45) is 43.0. The van der Waals surface area contributed by atoms with Gasteiger partial charge in [0.25, 0.3) is 0 Å². The van der Waals surface area contributed by atoms with Gasteiger partial charge < -0.3 is 39.4 Å². The molecule has 10 nitrogen and oxygen atoms in total. The van der Waals surface area contributed by atoms with E-state index in [1.807, 2.05) is 0 Å². The zero-order chi connectivity index (χ0) is 45.1. The van der Waals surface area contributed by atoms with E-state index < -0.39 is 49.4 Å². The quantitative estimate of drug-likeness (QED) is 0.0265. The van der Waals surface area contributed by atoms with E-state index in [9.17, 15) is 30.0 Å². The van der Waals surface area contributed by atoms with Gasteiger partial charge in [-0.25, -0.2) is 0 Å². The molecule has 0 amide bonds. The van der Waals surface area contributed by atoms with Crippen LogP contribution in [-0.4, -0.2) is 89.0 Å². The van der Waals surface area contributed by atoms with Crippen molar-refractivity contribution in [1.82, 2.24) is 0 Å². The summed E-state index contributed by atoms with van der Waals surface area (Å²) in [6.45, 7) is 3.32. The van der Waals surface area contributed by atoms with E-state index in [0.29, 0.717) is 6.42 Å². The summed E-state index contributed by atoms with van der Waals surface area (Å²) in [6, 6.07) is 0. The summed E-state index contributed by atoms with van der Waals surface area (Å²) in [5, 5.41) is 40.2. The lowest BCUT2D eigenvalue weighted by Gasteiger charge is -2.39. The Balaban J connectivity index is 2.23. The molecule has 0 saturated carbocycles. The molecule has 6 atom stereocenters. The number of allylic oxidation sites excluding steroid dienone is 6. The maximum absolute atomic E-state index is 12.8. The largest absolute Gasteiger partial charge is 0.462 e. The molecule has 362 valence electrons. The normalized spacial score (nSPS) is 19.9. The highest BCUT2D eigenvalue weighted by Crippen LogP contribution is 2.23. The fourth-order valence-electron chi connectivity index (χ4n) is 7.79. The molecule has 0 aliphatic carbocycles. The summed E-state index contributed by atoms with van der Waals surface area (Å²) in [5.74, 6) is -0.817. The van der Waals surface area contributed by atoms with E-state index in [2.05, 4.69) is 50.3 Å². The van der Waals surface area contributed by atoms with E-state index in [-0.39, 0.29) is 32.0 Å². The molecule has 4 N–H and O–H groups in total. The fraction of sp³-hybridized carbons (Fsp3) is 0.846. The number of hydrogen-bond donors (Lipinski definition) is 4. The van der Waals surface area contributed by atoms with Crippen molar-refractivity contribution >= 4 is 11.9 Å². The van der Waals surface area contributed by atoms with E-state index in [1.165, 1.54) is 122 Å². The first-order chi connectivity index (χ1) is 30.3. The van der Waals surface area contributed by atoms with Gasteiger partial charge in [-0.3, -0.25) is 9.59 Å². The number of carbonyl (C=O) groups excluding carboxylic acids is 2. The highest BCUT2D eigenvalue weighted by Gasteiger charge is 2.44. The standard InChI is InChI=1S/C52H94O10/c1-3-5-7-9-11-13-15-17-19-20-21-22-23-24-25-27-28-30-32-34-36-38-40-47(54)59-43-45(44-60-52-51(58)50(57)49(56)46(42-53)62-52)61-48(55)41-39-37-35-33-31-29-26-18-16-14-12-10-8-6-4-2/h6,8,12,14,18,26,45-46,49-53,56-58H,3-5,7,9-11,13,15-17,19-25,27-44H2,1-2H3/b8-6-,14-12-,26-18-. The van der Waals surface area contributed by atoms with Gasteiger partial charge in [0.2, 0.25) is 0 Å². The lowest BCUT2D eigenvalue weighted by Crippen LogP contribution is -2.59. The lowest BCUT2D eigenvalue weighted by atomic mass is 9.99. The highest BCUT2D eigenvalue weighted by atomic mass is 16.7. The summed E-state index contributed by atoms with van der Waals surface area (Å²) in [7, 11) is 0. The van der Waals surface area contributed by atoms with Crippen molar-refractivity contribution < 1.29 is 49.0 Å². The van der Waals surface area contributed by atoms with Gasteiger partial charge in [-0.1, -0.05) is 204 Å². The van der Waals surface area contributed by atoms with Crippen LogP contribution < -0.4 is 0 Å². The summed E-state index contributed by atoms with van der Waals surface area (Å²) in [5.41, 5.74) is 0. The average molecular weight is 879 g/mol. The zero-order valence-corrected chi connectivity index (χ0v) is 39.6. The monoisotopic (exact) mass is 879 g/mol. The first kappa shape index (κ1) is 57.9. The SMILES string of the molecule is CC/C=C\C/C=C\C/C=C\CCCCCCCC(=O)OC(COC(=O)CCCCCCCCCCCCCCCCCCCCCCCC)COC1OC(CO)C(O)C(O)C1O. The number of aliphatic hydroxyl groups is 4. The molecule has 1 rings (SSSR count). The van der Waals surface area contributed by atoms with E-state index in [4.69, 9.17) is 18.9 Å². The average Bonchev–Trinajstić information content (AvgIpc) is 3.27. The zero-order valence-electron chi connectivity index (χ0n) is 39.6. The molecule has 6 unspecified atom stereocenters. The molecule has 0 bridgehead atoms. The second kappa shape index (κ2) is 42.8. The molecule has 0 spiro atoms. The third kappa shape index (κ3) is 33.4. The molecular formula is C52H94O10. The van der Waals surface area contributed by atoms with Crippen LogP contribution in [0.4, 0.5) is 0 Å². The Morgan fingerprint density at radius 3 is 1.44 bits per heavy atom. The molecule has 0 radical (unpaired) electrons. The molecule has 1 fully saturated rings. The molecule has 62 heavy (non-hydrogen) atoms. The molecule has 0 aromatic heterocycles. The Hall–Kier alpha value is -2.08. The number of carbonyl (C=O) groups is 2. The predicted octanol–water partition coefficient (Wildman–Crippen LogP) is 11.8.